The fourth-order valence-electron chi connectivity index (χ4n) is 8.70. The zero-order valence-corrected chi connectivity index (χ0v) is 37.4. The van der Waals surface area contributed by atoms with Crippen molar-refractivity contribution in [2.75, 3.05) is 4.72 Å². The van der Waals surface area contributed by atoms with Crippen molar-refractivity contribution in [2.45, 2.75) is 111 Å². The van der Waals surface area contributed by atoms with Gasteiger partial charge >= 0.3 is 6.18 Å². The maximum absolute atomic E-state index is 15.5. The lowest BCUT2D eigenvalue weighted by molar-refractivity contribution is -0.142. The molecular weight excluding hydrogens is 965 g/mol. The lowest BCUT2D eigenvalue weighted by atomic mass is 9.93. The molecule has 3 saturated carbocycles. The molecule has 2 aromatic carbocycles. The standard InChI is InChI=1S/C43H37ClF9N7O5S2/c1-41(2,66(62,63)24-4-5-24)12-11-23-3-8-26(27-9-10-30(44)35-37(27)59(18-32(47)48)57-40(35)58-67(64,65)25-6-7-25)36(54-23)31(15-20-13-21(45)16-22(46)14-20)55-33(61)19-60-39-34(38(56-60)43(51,52)53)28-17-29(28)42(39,49)50/h3,8-10,13-14,16,24-25,28-29,31-32H,4-7,15,17-19H2,1-2H3,(H,55,61)(H,57,58)/t28-,29+,31-/m0/s1. The van der Waals surface area contributed by atoms with Gasteiger partial charge in [-0.3, -0.25) is 18.9 Å². The third-order valence-electron chi connectivity index (χ3n) is 12.3. The Morgan fingerprint density at radius 1 is 0.940 bits per heavy atom. The summed E-state index contributed by atoms with van der Waals surface area (Å²) in [7, 11) is -7.84. The summed E-state index contributed by atoms with van der Waals surface area (Å²) >= 11 is 6.64. The van der Waals surface area contributed by atoms with E-state index in [9.17, 15) is 52.4 Å². The number of alkyl halides is 7. The van der Waals surface area contributed by atoms with Crippen LogP contribution < -0.4 is 10.0 Å². The van der Waals surface area contributed by atoms with Crippen molar-refractivity contribution in [3.63, 3.8) is 0 Å². The highest BCUT2D eigenvalue weighted by Crippen LogP contribution is 2.68. The van der Waals surface area contributed by atoms with Crippen LogP contribution in [0.4, 0.5) is 45.3 Å². The quantitative estimate of drug-likeness (QED) is 0.0830. The van der Waals surface area contributed by atoms with Crippen molar-refractivity contribution < 1.29 is 61.1 Å². The third kappa shape index (κ3) is 8.73. The number of fused-ring (bicyclic) bond motifs is 4. The fourth-order valence-corrected chi connectivity index (χ4v) is 12.1. The van der Waals surface area contributed by atoms with Gasteiger partial charge in [0.2, 0.25) is 15.9 Å². The Bertz CT molecular complexity index is 3160. The van der Waals surface area contributed by atoms with E-state index in [0.717, 1.165) is 16.8 Å². The largest absolute Gasteiger partial charge is 0.435 e. The molecule has 67 heavy (non-hydrogen) atoms. The SMILES string of the molecule is CC(C)(C#Cc1ccc(-c2ccc(Cl)c3c(NS(=O)(=O)C4CC4)nn(CC(F)F)c23)c([C@H](Cc2cc(F)cc(F)c2)NC(=O)Cn2nc(C(F)(F)F)c3c2C(F)(F)[C@@H]2C[C@H]32)n1)S(=O)(=O)C1CC1. The molecule has 3 heterocycles. The van der Waals surface area contributed by atoms with Crippen molar-refractivity contribution in [1.82, 2.24) is 29.9 Å². The normalized spacial score (nSPS) is 19.5. The Balaban J connectivity index is 1.22. The lowest BCUT2D eigenvalue weighted by Gasteiger charge is -2.23. The summed E-state index contributed by atoms with van der Waals surface area (Å²) < 4.78 is 186. The third-order valence-corrected chi connectivity index (χ3v) is 17.3. The minimum Gasteiger partial charge on any atom is -0.346 e. The van der Waals surface area contributed by atoms with E-state index in [-0.39, 0.29) is 55.1 Å². The fraction of sp³-hybridized carbons (Fsp3) is 0.442. The summed E-state index contributed by atoms with van der Waals surface area (Å²) in [4.78, 5) is 18.8. The van der Waals surface area contributed by atoms with Gasteiger partial charge in [0.25, 0.3) is 12.3 Å². The molecule has 0 radical (unpaired) electrons. The van der Waals surface area contributed by atoms with Crippen LogP contribution in [0.25, 0.3) is 22.0 Å². The highest BCUT2D eigenvalue weighted by Gasteiger charge is 2.68. The Morgan fingerprint density at radius 2 is 1.60 bits per heavy atom. The van der Waals surface area contributed by atoms with E-state index in [4.69, 9.17) is 11.6 Å². The summed E-state index contributed by atoms with van der Waals surface area (Å²) in [6.07, 6.45) is -7.47. The second kappa shape index (κ2) is 16.1. The lowest BCUT2D eigenvalue weighted by Crippen LogP contribution is -2.35. The van der Waals surface area contributed by atoms with E-state index in [1.54, 1.807) is 0 Å². The van der Waals surface area contributed by atoms with Gasteiger partial charge < -0.3 is 5.32 Å². The minimum atomic E-state index is -5.16. The minimum absolute atomic E-state index is 0.0219. The number of sulfone groups is 1. The van der Waals surface area contributed by atoms with Gasteiger partial charge in [-0.15, -0.1) is 0 Å². The molecule has 1 amide bonds. The number of anilines is 1. The van der Waals surface area contributed by atoms with Crippen LogP contribution >= 0.6 is 11.6 Å². The molecule has 4 aliphatic rings. The van der Waals surface area contributed by atoms with Gasteiger partial charge in [-0.2, -0.15) is 32.1 Å². The molecule has 0 bridgehead atoms. The molecule has 24 heteroatoms. The van der Waals surface area contributed by atoms with E-state index < -0.39 is 131 Å². The molecule has 356 valence electrons. The molecule has 3 fully saturated rings. The predicted octanol–water partition coefficient (Wildman–Crippen LogP) is 8.43. The van der Waals surface area contributed by atoms with Crippen LogP contribution in [0, 0.1) is 29.4 Å². The smallest absolute Gasteiger partial charge is 0.346 e. The number of hydrogen-bond donors (Lipinski definition) is 2. The van der Waals surface area contributed by atoms with Gasteiger partial charge in [-0.25, -0.2) is 39.4 Å². The van der Waals surface area contributed by atoms with Crippen LogP contribution in [0.5, 0.6) is 0 Å². The van der Waals surface area contributed by atoms with E-state index in [1.807, 2.05) is 0 Å². The van der Waals surface area contributed by atoms with E-state index in [0.29, 0.717) is 31.7 Å². The average molecular weight is 1000 g/mol. The van der Waals surface area contributed by atoms with Gasteiger partial charge in [0.1, 0.15) is 40.9 Å². The summed E-state index contributed by atoms with van der Waals surface area (Å²) in [5, 5.41) is 8.46. The monoisotopic (exact) mass is 1000 g/mol. The van der Waals surface area contributed by atoms with Crippen molar-refractivity contribution in [1.29, 1.82) is 0 Å². The van der Waals surface area contributed by atoms with Crippen molar-refractivity contribution in [2.24, 2.45) is 5.92 Å². The number of rotatable bonds is 14. The first-order chi connectivity index (χ1) is 31.3. The zero-order valence-electron chi connectivity index (χ0n) is 35.0. The molecule has 3 atom stereocenters. The molecule has 0 aliphatic heterocycles. The number of amides is 1. The molecule has 9 rings (SSSR count). The highest BCUT2D eigenvalue weighted by atomic mass is 35.5. The first kappa shape index (κ1) is 46.8. The predicted molar refractivity (Wildman–Crippen MR) is 225 cm³/mol. The van der Waals surface area contributed by atoms with Crippen LogP contribution in [0.1, 0.15) is 91.8 Å². The summed E-state index contributed by atoms with van der Waals surface area (Å²) in [5.41, 5.74) is -4.13. The van der Waals surface area contributed by atoms with E-state index in [2.05, 4.69) is 37.1 Å². The highest BCUT2D eigenvalue weighted by molar-refractivity contribution is 7.94. The van der Waals surface area contributed by atoms with Gasteiger partial charge in [0.15, 0.2) is 21.3 Å². The van der Waals surface area contributed by atoms with Crippen molar-refractivity contribution in [3.05, 3.63) is 93.0 Å². The molecule has 0 unspecified atom stereocenters. The van der Waals surface area contributed by atoms with Crippen molar-refractivity contribution in [3.8, 4) is 23.0 Å². The maximum atomic E-state index is 15.5. The second-order valence-electron chi connectivity index (χ2n) is 17.7. The Kier molecular flexibility index (Phi) is 11.3. The Morgan fingerprint density at radius 3 is 2.22 bits per heavy atom. The van der Waals surface area contributed by atoms with Crippen LogP contribution in [-0.4, -0.2) is 69.0 Å². The summed E-state index contributed by atoms with van der Waals surface area (Å²) in [6, 6.07) is 6.03. The first-order valence-electron chi connectivity index (χ1n) is 20.8. The number of nitrogens with zero attached hydrogens (tertiary/aromatic N) is 5. The van der Waals surface area contributed by atoms with E-state index in [1.165, 1.54) is 38.1 Å². The molecule has 2 N–H and O–H groups in total. The van der Waals surface area contributed by atoms with Gasteiger partial charge in [-0.1, -0.05) is 23.6 Å². The molecule has 0 saturated heterocycles. The Labute approximate surface area is 381 Å². The topological polar surface area (TPSA) is 158 Å². The van der Waals surface area contributed by atoms with Crippen LogP contribution in [0.15, 0.2) is 42.5 Å². The summed E-state index contributed by atoms with van der Waals surface area (Å²) in [5.74, 6) is -4.63. The number of sulfonamides is 1. The molecular formula is C43H37ClF9N7O5S2. The van der Waals surface area contributed by atoms with Crippen LogP contribution in [0.3, 0.4) is 0 Å². The Hall–Kier alpha value is -5.34. The number of nitrogens with one attached hydrogen (secondary N) is 2. The summed E-state index contributed by atoms with van der Waals surface area (Å²) in [6.45, 7) is 0.462. The van der Waals surface area contributed by atoms with Gasteiger partial charge in [0, 0.05) is 28.7 Å². The first-order valence-corrected chi connectivity index (χ1v) is 24.3. The number of pyridine rings is 1. The number of benzene rings is 2. The van der Waals surface area contributed by atoms with Crippen LogP contribution in [-0.2, 0) is 56.3 Å². The maximum Gasteiger partial charge on any atom is 0.435 e. The second-order valence-corrected chi connectivity index (χ2v) is 22.8. The molecule has 0 spiro atoms. The van der Waals surface area contributed by atoms with Gasteiger partial charge in [-0.05, 0) is 100 Å². The number of aromatic nitrogens is 5. The number of carbonyl (C=O) groups excluding carboxylic acids is 1. The number of hydrogen-bond acceptors (Lipinski definition) is 8. The molecule has 4 aliphatic carbocycles. The molecule has 12 nitrogen and oxygen atoms in total. The molecule has 5 aromatic rings. The number of carbonyl (C=O) groups is 1. The van der Waals surface area contributed by atoms with Crippen LogP contribution in [0.2, 0.25) is 5.02 Å². The van der Waals surface area contributed by atoms with E-state index >= 15 is 8.78 Å². The number of halogens is 10. The molecule has 3 aromatic heterocycles. The average Bonchev–Trinajstić information content (AvgIpc) is 4.11. The zero-order chi connectivity index (χ0) is 48.3. The van der Waals surface area contributed by atoms with Crippen molar-refractivity contribution >= 4 is 54.1 Å². The van der Waals surface area contributed by atoms with Gasteiger partial charge in [0.05, 0.1) is 38.2 Å².